The Morgan fingerprint density at radius 3 is 2.18 bits per heavy atom. The molecule has 0 spiro atoms. The molecule has 4 rings (SSSR count). The number of hydrogen-bond donors (Lipinski definition) is 2. The highest BCUT2D eigenvalue weighted by atomic mass is 32.2. The number of sulfone groups is 1. The second-order valence-electron chi connectivity index (χ2n) is 9.07. The van der Waals surface area contributed by atoms with Crippen molar-refractivity contribution in [2.24, 2.45) is 11.3 Å². The van der Waals surface area contributed by atoms with Gasteiger partial charge in [-0.05, 0) is 37.0 Å². The lowest BCUT2D eigenvalue weighted by molar-refractivity contribution is -0.166. The van der Waals surface area contributed by atoms with Gasteiger partial charge in [-0.25, -0.2) is 8.42 Å². The number of aromatic nitrogens is 1. The number of rotatable bonds is 6. The predicted octanol–water partition coefficient (Wildman–Crippen LogP) is 3.54. The van der Waals surface area contributed by atoms with Crippen LogP contribution in [0.15, 0.2) is 54.6 Å². The summed E-state index contributed by atoms with van der Waals surface area (Å²) in [5.74, 6) is -4.53. The van der Waals surface area contributed by atoms with E-state index in [1.54, 1.807) is 68.4 Å². The molecular weight excluding hydrogens is 458 g/mol. The summed E-state index contributed by atoms with van der Waals surface area (Å²) in [6.07, 6.45) is -0.528. The Morgan fingerprint density at radius 2 is 1.59 bits per heavy atom. The number of para-hydroxylation sites is 1. The van der Waals surface area contributed by atoms with E-state index < -0.39 is 44.8 Å². The Balaban J connectivity index is 2.10. The van der Waals surface area contributed by atoms with Crippen molar-refractivity contribution in [3.8, 4) is 0 Å². The molecule has 1 aliphatic rings. The van der Waals surface area contributed by atoms with E-state index in [1.165, 1.54) is 4.57 Å². The summed E-state index contributed by atoms with van der Waals surface area (Å²) in [4.78, 5) is 38.4. The average molecular weight is 484 g/mol. The molecule has 0 radical (unpaired) electrons. The molecule has 0 saturated carbocycles. The quantitative estimate of drug-likeness (QED) is 0.513. The molecule has 1 aromatic heterocycles. The fourth-order valence-electron chi connectivity index (χ4n) is 5.07. The van der Waals surface area contributed by atoms with Crippen LogP contribution in [0.25, 0.3) is 10.9 Å². The normalized spacial score (nSPS) is 17.4. The van der Waals surface area contributed by atoms with Crippen LogP contribution in [0.3, 0.4) is 0 Å². The number of carbonyl (C=O) groups excluding carboxylic acids is 1. The molecule has 0 bridgehead atoms. The smallest absolute Gasteiger partial charge is 0.322 e. The third-order valence-corrected chi connectivity index (χ3v) is 8.88. The van der Waals surface area contributed by atoms with Crippen molar-refractivity contribution in [2.75, 3.05) is 5.75 Å². The molecule has 178 valence electrons. The second-order valence-corrected chi connectivity index (χ2v) is 11.2. The van der Waals surface area contributed by atoms with Crippen LogP contribution in [0, 0.1) is 11.3 Å². The number of carboxylic acid groups (broad SMARTS) is 2. The van der Waals surface area contributed by atoms with E-state index in [4.69, 9.17) is 0 Å². The summed E-state index contributed by atoms with van der Waals surface area (Å²) in [6.45, 7) is 3.35. The van der Waals surface area contributed by atoms with E-state index in [-0.39, 0.29) is 23.7 Å². The predicted molar refractivity (Wildman–Crippen MR) is 125 cm³/mol. The van der Waals surface area contributed by atoms with Crippen LogP contribution in [0.4, 0.5) is 0 Å². The molecule has 0 saturated heterocycles. The standard InChI is InChI=1S/C25H25NO7S/c1-15(2)14-34(32,33)21-20-17-10-6-7-11-18(17)26(22(27)16-8-4-3-5-9-16)19(20)12-13-25(21,23(28)29)24(30)31/h3-11,15,21H,12-14H2,1-2H3,(H,28,29)(H,30,31). The lowest BCUT2D eigenvalue weighted by Crippen LogP contribution is -2.50. The molecule has 1 unspecified atom stereocenters. The monoisotopic (exact) mass is 483 g/mol. The van der Waals surface area contributed by atoms with Crippen molar-refractivity contribution in [1.29, 1.82) is 0 Å². The topological polar surface area (TPSA) is 131 Å². The van der Waals surface area contributed by atoms with Gasteiger partial charge in [0.25, 0.3) is 5.91 Å². The van der Waals surface area contributed by atoms with Crippen molar-refractivity contribution < 1.29 is 33.0 Å². The highest BCUT2D eigenvalue weighted by Crippen LogP contribution is 2.53. The SMILES string of the molecule is CC(C)CS(=O)(=O)C1c2c(n(C(=O)c3ccccc3)c3ccccc23)CCC1(C(=O)O)C(=O)O. The van der Waals surface area contributed by atoms with Crippen molar-refractivity contribution in [1.82, 2.24) is 4.57 Å². The van der Waals surface area contributed by atoms with Crippen molar-refractivity contribution in [3.63, 3.8) is 0 Å². The van der Waals surface area contributed by atoms with Crippen molar-refractivity contribution in [3.05, 3.63) is 71.4 Å². The van der Waals surface area contributed by atoms with Crippen molar-refractivity contribution >= 4 is 38.6 Å². The minimum Gasteiger partial charge on any atom is -0.480 e. The summed E-state index contributed by atoms with van der Waals surface area (Å²) in [6, 6.07) is 15.1. The number of aliphatic carboxylic acids is 2. The van der Waals surface area contributed by atoms with E-state index in [1.807, 2.05) is 0 Å². The first-order valence-corrected chi connectivity index (χ1v) is 12.6. The molecule has 3 aromatic rings. The first kappa shape index (κ1) is 23.7. The average Bonchev–Trinajstić information content (AvgIpc) is 3.11. The molecule has 9 heteroatoms. The van der Waals surface area contributed by atoms with E-state index >= 15 is 0 Å². The maximum absolute atomic E-state index is 13.7. The highest BCUT2D eigenvalue weighted by molar-refractivity contribution is 7.91. The summed E-state index contributed by atoms with van der Waals surface area (Å²) in [7, 11) is -4.25. The van der Waals surface area contributed by atoms with Gasteiger partial charge < -0.3 is 10.2 Å². The van der Waals surface area contributed by atoms with E-state index in [0.29, 0.717) is 22.2 Å². The van der Waals surface area contributed by atoms with E-state index in [2.05, 4.69) is 0 Å². The first-order valence-electron chi connectivity index (χ1n) is 10.9. The molecule has 1 atom stereocenters. The van der Waals surface area contributed by atoms with E-state index in [0.717, 1.165) is 0 Å². The zero-order chi connectivity index (χ0) is 24.8. The van der Waals surface area contributed by atoms with Crippen LogP contribution < -0.4 is 0 Å². The Hall–Kier alpha value is -3.46. The van der Waals surface area contributed by atoms with Crippen LogP contribution in [-0.2, 0) is 25.8 Å². The molecule has 2 aromatic carbocycles. The van der Waals surface area contributed by atoms with Crippen molar-refractivity contribution in [2.45, 2.75) is 31.9 Å². The van der Waals surface area contributed by atoms with Gasteiger partial charge in [-0.15, -0.1) is 0 Å². The number of benzene rings is 2. The Morgan fingerprint density at radius 1 is 1.00 bits per heavy atom. The van der Waals surface area contributed by atoms with Crippen LogP contribution >= 0.6 is 0 Å². The largest absolute Gasteiger partial charge is 0.480 e. The maximum atomic E-state index is 13.7. The fraction of sp³-hybridized carbons (Fsp3) is 0.320. The highest BCUT2D eigenvalue weighted by Gasteiger charge is 2.62. The number of carbonyl (C=O) groups is 3. The lowest BCUT2D eigenvalue weighted by Gasteiger charge is -2.37. The number of nitrogens with zero attached hydrogens (tertiary/aromatic N) is 1. The Labute approximate surface area is 196 Å². The summed E-state index contributed by atoms with van der Waals surface area (Å²) in [5, 5.41) is 18.7. The molecule has 2 N–H and O–H groups in total. The third kappa shape index (κ3) is 3.51. The number of fused-ring (bicyclic) bond motifs is 3. The summed E-state index contributed by atoms with van der Waals surface area (Å²) < 4.78 is 28.7. The van der Waals surface area contributed by atoms with Gasteiger partial charge in [0, 0.05) is 22.2 Å². The zero-order valence-electron chi connectivity index (χ0n) is 18.8. The second kappa shape index (κ2) is 8.39. The van der Waals surface area contributed by atoms with Crippen LogP contribution in [0.1, 0.15) is 47.1 Å². The molecular formula is C25H25NO7S. The number of carboxylic acids is 2. The van der Waals surface area contributed by atoms with Gasteiger partial charge >= 0.3 is 11.9 Å². The summed E-state index contributed by atoms with van der Waals surface area (Å²) in [5.41, 5.74) is -1.34. The first-order chi connectivity index (χ1) is 16.0. The van der Waals surface area contributed by atoms with Crippen LogP contribution in [-0.4, -0.2) is 46.8 Å². The minimum absolute atomic E-state index is 0.0745. The van der Waals surface area contributed by atoms with Gasteiger partial charge in [0.15, 0.2) is 15.3 Å². The number of hydrogen-bond acceptors (Lipinski definition) is 5. The maximum Gasteiger partial charge on any atom is 0.322 e. The van der Waals surface area contributed by atoms with Gasteiger partial charge in [-0.3, -0.25) is 19.0 Å². The molecule has 1 heterocycles. The molecule has 34 heavy (non-hydrogen) atoms. The molecule has 0 fully saturated rings. The van der Waals surface area contributed by atoms with Crippen LogP contribution in [0.2, 0.25) is 0 Å². The minimum atomic E-state index is -4.25. The van der Waals surface area contributed by atoms with Gasteiger partial charge in [0.05, 0.1) is 11.3 Å². The third-order valence-electron chi connectivity index (χ3n) is 6.39. The summed E-state index contributed by atoms with van der Waals surface area (Å²) >= 11 is 0. The lowest BCUT2D eigenvalue weighted by atomic mass is 9.72. The zero-order valence-corrected chi connectivity index (χ0v) is 19.6. The van der Waals surface area contributed by atoms with Gasteiger partial charge in [0.2, 0.25) is 0 Å². The molecule has 0 amide bonds. The van der Waals surface area contributed by atoms with Gasteiger partial charge in [-0.2, -0.15) is 0 Å². The van der Waals surface area contributed by atoms with Crippen LogP contribution in [0.5, 0.6) is 0 Å². The van der Waals surface area contributed by atoms with Gasteiger partial charge in [0.1, 0.15) is 5.25 Å². The van der Waals surface area contributed by atoms with E-state index in [9.17, 15) is 33.0 Å². The Bertz CT molecular complexity index is 1390. The molecule has 8 nitrogen and oxygen atoms in total. The Kier molecular flexibility index (Phi) is 5.85. The molecule has 0 aliphatic heterocycles. The fourth-order valence-corrected chi connectivity index (χ4v) is 7.74. The molecule has 1 aliphatic carbocycles. The van der Waals surface area contributed by atoms with Gasteiger partial charge in [-0.1, -0.05) is 50.2 Å².